The van der Waals surface area contributed by atoms with Gasteiger partial charge in [0.05, 0.1) is 38.6 Å². The summed E-state index contributed by atoms with van der Waals surface area (Å²) in [5.41, 5.74) is 0. The zero-order chi connectivity index (χ0) is 83.8. The summed E-state index contributed by atoms with van der Waals surface area (Å²) in [6, 6.07) is -1.000. The van der Waals surface area contributed by atoms with E-state index in [-0.39, 0.29) is 18.9 Å². The van der Waals surface area contributed by atoms with E-state index in [1.54, 1.807) is 6.08 Å². The Morgan fingerprint density at radius 3 is 0.966 bits per heavy atom. The van der Waals surface area contributed by atoms with E-state index in [1.807, 2.05) is 6.08 Å². The minimum atomic E-state index is -1.99. The van der Waals surface area contributed by atoms with Crippen LogP contribution in [0.25, 0.3) is 0 Å². The van der Waals surface area contributed by atoms with Gasteiger partial charge in [0.15, 0.2) is 18.9 Å². The number of rotatable bonds is 75. The first-order valence-electron chi connectivity index (χ1n) is 46.8. The van der Waals surface area contributed by atoms with Gasteiger partial charge in [-0.05, 0) is 96.3 Å². The highest BCUT2D eigenvalue weighted by molar-refractivity contribution is 5.76. The van der Waals surface area contributed by atoms with Crippen molar-refractivity contribution >= 4 is 5.91 Å². The summed E-state index contributed by atoms with van der Waals surface area (Å²) in [5.74, 6) is -0.286. The maximum absolute atomic E-state index is 13.5. The van der Waals surface area contributed by atoms with Gasteiger partial charge in [0, 0.05) is 6.42 Å². The summed E-state index contributed by atoms with van der Waals surface area (Å²) in [5, 5.41) is 121. The topological polar surface area (TPSA) is 307 Å². The van der Waals surface area contributed by atoms with Crippen LogP contribution >= 0.6 is 0 Å². The summed E-state index contributed by atoms with van der Waals surface area (Å²) in [4.78, 5) is 13.5. The average molecular weight is 1640 g/mol. The van der Waals surface area contributed by atoms with Crippen LogP contribution in [0.15, 0.2) is 122 Å². The van der Waals surface area contributed by atoms with Crippen LogP contribution in [0.1, 0.15) is 354 Å². The third-order valence-corrected chi connectivity index (χ3v) is 22.5. The van der Waals surface area contributed by atoms with Crippen LogP contribution in [0.2, 0.25) is 0 Å². The van der Waals surface area contributed by atoms with E-state index in [1.165, 1.54) is 218 Å². The van der Waals surface area contributed by atoms with Crippen molar-refractivity contribution in [3.8, 4) is 0 Å². The monoisotopic (exact) mass is 1640 g/mol. The van der Waals surface area contributed by atoms with Crippen molar-refractivity contribution in [2.75, 3.05) is 26.4 Å². The van der Waals surface area contributed by atoms with Crippen LogP contribution in [0.5, 0.6) is 0 Å². The average Bonchev–Trinajstić information content (AvgIpc) is 0.779. The second kappa shape index (κ2) is 75.0. The molecule has 3 saturated heterocycles. The van der Waals surface area contributed by atoms with E-state index >= 15 is 0 Å². The number of aliphatic hydroxyl groups is 11. The molecule has 0 spiro atoms. The molecule has 0 radical (unpaired) electrons. The highest BCUT2D eigenvalue weighted by Crippen LogP contribution is 2.34. The van der Waals surface area contributed by atoms with Gasteiger partial charge < -0.3 is 89.9 Å². The summed E-state index contributed by atoms with van der Waals surface area (Å²) in [6.45, 7) is 1.64. The molecule has 17 atom stereocenters. The number of amides is 1. The molecule has 3 rings (SSSR count). The molecular formula is C97H169NO18. The van der Waals surface area contributed by atoms with Gasteiger partial charge in [-0.1, -0.05) is 373 Å². The smallest absolute Gasteiger partial charge is 0.220 e. The molecule has 3 aliphatic rings. The number of aliphatic hydroxyl groups excluding tert-OH is 11. The first kappa shape index (κ1) is 106. The van der Waals surface area contributed by atoms with E-state index in [4.69, 9.17) is 28.4 Å². The zero-order valence-corrected chi connectivity index (χ0v) is 72.4. The highest BCUT2D eigenvalue weighted by atomic mass is 16.8. The lowest BCUT2D eigenvalue weighted by atomic mass is 9.96. The molecule has 19 heteroatoms. The lowest BCUT2D eigenvalue weighted by Crippen LogP contribution is -2.66. The number of allylic oxidation sites excluding steroid dienone is 19. The van der Waals surface area contributed by atoms with Crippen LogP contribution < -0.4 is 5.32 Å². The van der Waals surface area contributed by atoms with Gasteiger partial charge in [-0.25, -0.2) is 0 Å². The van der Waals surface area contributed by atoms with E-state index in [2.05, 4.69) is 129 Å². The molecule has 116 heavy (non-hydrogen) atoms. The van der Waals surface area contributed by atoms with E-state index in [9.17, 15) is 61.0 Å². The standard InChI is InChI=1S/C97H169NO18/c1-3-5-7-9-11-13-15-17-19-21-23-25-27-29-31-33-35-37-38-39-40-41-42-43-45-47-49-51-53-55-57-59-61-63-65-67-69-71-73-75-85(103)98-80(81(102)74-72-70-68-66-64-62-60-58-56-54-52-50-48-46-44-36-34-32-30-28-26-24-22-20-18-16-14-12-10-8-6-4-2)79-111-95-91(109)88(106)93(83(77-100)113-95)116-97-92(110)89(107)94(84(78-101)114-97)115-96-90(108)87(105)86(104)82(76-99)112-96/h5,7,11,13,17,19,23,25,29,31,35,37,39-40,42-43,64,66,72,74,80-84,86-97,99-102,104-110H,3-4,6,8-10,12,14-16,18,20-22,24,26-28,30,32-34,36,38,41,44-63,65,67-71,73,75-79H2,1-2H3,(H,98,103)/b7-5-,13-11-,19-17-,25-23-,31-29-,37-35-,40-39-,43-42-,66-64+,74-72+. The molecule has 0 saturated carbocycles. The molecule has 19 nitrogen and oxygen atoms in total. The Morgan fingerprint density at radius 2 is 0.603 bits per heavy atom. The van der Waals surface area contributed by atoms with E-state index < -0.39 is 124 Å². The fourth-order valence-electron chi connectivity index (χ4n) is 15.1. The Kier molecular flexibility index (Phi) is 68.8. The van der Waals surface area contributed by atoms with Gasteiger partial charge in [-0.2, -0.15) is 0 Å². The molecule has 12 N–H and O–H groups in total. The van der Waals surface area contributed by atoms with Gasteiger partial charge in [-0.15, -0.1) is 0 Å². The molecule has 670 valence electrons. The van der Waals surface area contributed by atoms with Crippen LogP contribution in [0.3, 0.4) is 0 Å². The summed E-state index contributed by atoms with van der Waals surface area (Å²) in [6.07, 6.45) is 80.7. The minimum Gasteiger partial charge on any atom is -0.394 e. The zero-order valence-electron chi connectivity index (χ0n) is 72.4. The summed E-state index contributed by atoms with van der Waals surface area (Å²) < 4.78 is 34.5. The van der Waals surface area contributed by atoms with Gasteiger partial charge in [0.25, 0.3) is 0 Å². The van der Waals surface area contributed by atoms with Crippen LogP contribution in [0.4, 0.5) is 0 Å². The molecular weight excluding hydrogens is 1470 g/mol. The summed E-state index contributed by atoms with van der Waals surface area (Å²) in [7, 11) is 0. The molecule has 0 aromatic carbocycles. The van der Waals surface area contributed by atoms with Crippen molar-refractivity contribution < 1.29 is 89.4 Å². The Labute approximate surface area is 703 Å². The molecule has 0 aromatic heterocycles. The molecule has 0 aliphatic carbocycles. The van der Waals surface area contributed by atoms with Crippen molar-refractivity contribution in [1.29, 1.82) is 0 Å². The Hall–Kier alpha value is -3.81. The second-order valence-corrected chi connectivity index (χ2v) is 32.7. The molecule has 17 unspecified atom stereocenters. The van der Waals surface area contributed by atoms with Crippen molar-refractivity contribution in [3.05, 3.63) is 122 Å². The molecule has 3 aliphatic heterocycles. The summed E-state index contributed by atoms with van der Waals surface area (Å²) >= 11 is 0. The predicted molar refractivity (Wildman–Crippen MR) is 470 cm³/mol. The first-order valence-corrected chi connectivity index (χ1v) is 46.8. The highest BCUT2D eigenvalue weighted by Gasteiger charge is 2.54. The number of hydrogen-bond acceptors (Lipinski definition) is 18. The van der Waals surface area contributed by atoms with Crippen molar-refractivity contribution in [2.45, 2.75) is 458 Å². The second-order valence-electron chi connectivity index (χ2n) is 32.7. The number of carbonyl (C=O) groups excluding carboxylic acids is 1. The van der Waals surface area contributed by atoms with Crippen LogP contribution in [-0.4, -0.2) is 193 Å². The number of nitrogens with one attached hydrogen (secondary N) is 1. The minimum absolute atomic E-state index is 0.229. The fourth-order valence-corrected chi connectivity index (χ4v) is 15.1. The maximum Gasteiger partial charge on any atom is 0.220 e. The Morgan fingerprint density at radius 1 is 0.319 bits per heavy atom. The molecule has 3 fully saturated rings. The van der Waals surface area contributed by atoms with Crippen molar-refractivity contribution in [3.63, 3.8) is 0 Å². The maximum atomic E-state index is 13.5. The quantitative estimate of drug-likeness (QED) is 0.0199. The van der Waals surface area contributed by atoms with Gasteiger partial charge >= 0.3 is 0 Å². The molecule has 1 amide bonds. The van der Waals surface area contributed by atoms with Crippen molar-refractivity contribution in [2.24, 2.45) is 0 Å². The predicted octanol–water partition coefficient (Wildman–Crippen LogP) is 18.6. The molecule has 0 aromatic rings. The lowest BCUT2D eigenvalue weighted by molar-refractivity contribution is -0.379. The molecule has 3 heterocycles. The van der Waals surface area contributed by atoms with Crippen LogP contribution in [0, 0.1) is 0 Å². The normalized spacial score (nSPS) is 25.1. The largest absolute Gasteiger partial charge is 0.394 e. The first-order chi connectivity index (χ1) is 56.8. The molecule has 0 bridgehead atoms. The SMILES string of the molecule is CC/C=C\C/C=C\C/C=C\C/C=C\C/C=C\C/C=C\C/C=C\C/C=C\CCCCCCCCCCCCCCCCC(=O)NC(COC1OC(CO)C(OC2OC(CO)C(OC3OC(CO)C(O)C(O)C3O)C(O)C2O)C(O)C1O)C(O)/C=C/CC/C=C/CCCCCCCCCCCCCCCCCCCCCCCCCCCC. The van der Waals surface area contributed by atoms with Gasteiger partial charge in [0.2, 0.25) is 5.91 Å². The number of carbonyl (C=O) groups is 1. The Bertz CT molecular complexity index is 2570. The third kappa shape index (κ3) is 52.5. The third-order valence-electron chi connectivity index (χ3n) is 22.5. The number of hydrogen-bond donors (Lipinski definition) is 12. The Balaban J connectivity index is 1.33. The van der Waals surface area contributed by atoms with Crippen LogP contribution in [-0.2, 0) is 33.2 Å². The fraction of sp³-hybridized carbons (Fsp3) is 0.784. The van der Waals surface area contributed by atoms with Crippen molar-refractivity contribution in [1.82, 2.24) is 5.32 Å². The number of ether oxygens (including phenoxy) is 6. The van der Waals surface area contributed by atoms with Gasteiger partial charge in [-0.3, -0.25) is 4.79 Å². The van der Waals surface area contributed by atoms with E-state index in [0.717, 1.165) is 103 Å². The lowest BCUT2D eigenvalue weighted by Gasteiger charge is -2.48. The van der Waals surface area contributed by atoms with Gasteiger partial charge in [0.1, 0.15) is 73.2 Å². The van der Waals surface area contributed by atoms with E-state index in [0.29, 0.717) is 12.8 Å². The number of unbranched alkanes of at least 4 members (excludes halogenated alkanes) is 41.